The van der Waals surface area contributed by atoms with E-state index in [9.17, 15) is 5.11 Å². The van der Waals surface area contributed by atoms with Gasteiger partial charge in [0, 0.05) is 18.1 Å². The van der Waals surface area contributed by atoms with Crippen molar-refractivity contribution in [3.8, 4) is 5.75 Å². The van der Waals surface area contributed by atoms with E-state index in [0.29, 0.717) is 5.75 Å². The van der Waals surface area contributed by atoms with Crippen LogP contribution in [0.1, 0.15) is 70.7 Å². The molecule has 2 rings (SSSR count). The van der Waals surface area contributed by atoms with E-state index in [1.807, 2.05) is 0 Å². The van der Waals surface area contributed by atoms with Gasteiger partial charge in [0.1, 0.15) is 5.75 Å². The summed E-state index contributed by atoms with van der Waals surface area (Å²) >= 11 is 1.80. The lowest BCUT2D eigenvalue weighted by Gasteiger charge is -2.28. The van der Waals surface area contributed by atoms with Crippen LogP contribution >= 0.6 is 11.9 Å². The molecular weight excluding hydrogens is 314 g/mol. The Morgan fingerprint density at radius 3 is 1.96 bits per heavy atom. The SMILES string of the molecule is CCSn1ccc(Cc2cc(C(C)(C)C)c(O)c(C(C)(C)C)c2)c1. The third-order valence-electron chi connectivity index (χ3n) is 4.20. The fourth-order valence-electron chi connectivity index (χ4n) is 2.93. The van der Waals surface area contributed by atoms with E-state index in [1.165, 1.54) is 11.1 Å². The average Bonchev–Trinajstić information content (AvgIpc) is 2.86. The van der Waals surface area contributed by atoms with Gasteiger partial charge in [-0.05, 0) is 57.5 Å². The highest BCUT2D eigenvalue weighted by Crippen LogP contribution is 2.40. The maximum atomic E-state index is 10.8. The van der Waals surface area contributed by atoms with Crippen molar-refractivity contribution in [1.82, 2.24) is 3.97 Å². The molecule has 3 heteroatoms. The van der Waals surface area contributed by atoms with Crippen molar-refractivity contribution in [2.75, 3.05) is 5.75 Å². The molecule has 0 radical (unpaired) electrons. The Morgan fingerprint density at radius 1 is 0.958 bits per heavy atom. The van der Waals surface area contributed by atoms with Gasteiger partial charge in [0.25, 0.3) is 0 Å². The predicted molar refractivity (Wildman–Crippen MR) is 106 cm³/mol. The first-order valence-corrected chi connectivity index (χ1v) is 9.63. The molecule has 0 aliphatic rings. The highest BCUT2D eigenvalue weighted by Gasteiger charge is 2.26. The molecule has 1 N–H and O–H groups in total. The number of phenolic OH excluding ortho intramolecular Hbond substituents is 1. The number of phenols is 1. The second-order valence-electron chi connectivity index (χ2n) is 8.51. The minimum atomic E-state index is -0.0793. The van der Waals surface area contributed by atoms with Crippen molar-refractivity contribution in [2.45, 2.75) is 65.7 Å². The summed E-state index contributed by atoms with van der Waals surface area (Å²) in [6, 6.07) is 6.53. The molecule has 2 aromatic rings. The Kier molecular flexibility index (Phi) is 5.44. The molecule has 132 valence electrons. The van der Waals surface area contributed by atoms with Crippen LogP contribution in [0.4, 0.5) is 0 Å². The molecule has 0 aliphatic carbocycles. The van der Waals surface area contributed by atoms with Crippen LogP contribution in [0.3, 0.4) is 0 Å². The largest absolute Gasteiger partial charge is 0.507 e. The molecule has 0 saturated carbocycles. The second-order valence-corrected chi connectivity index (χ2v) is 9.77. The van der Waals surface area contributed by atoms with Gasteiger partial charge in [-0.3, -0.25) is 3.97 Å². The van der Waals surface area contributed by atoms with Crippen LogP contribution < -0.4 is 0 Å². The molecule has 1 aromatic heterocycles. The Morgan fingerprint density at radius 2 is 1.50 bits per heavy atom. The Labute approximate surface area is 151 Å². The summed E-state index contributed by atoms with van der Waals surface area (Å²) in [6.45, 7) is 15.1. The zero-order valence-corrected chi connectivity index (χ0v) is 16.9. The molecule has 1 aromatic carbocycles. The van der Waals surface area contributed by atoms with Crippen LogP contribution in [0.25, 0.3) is 0 Å². The minimum Gasteiger partial charge on any atom is -0.507 e. The second kappa shape index (κ2) is 6.87. The normalized spacial score (nSPS) is 12.6. The number of aromatic hydroxyl groups is 1. The third kappa shape index (κ3) is 4.38. The molecular formula is C21H31NOS. The molecule has 0 atom stereocenters. The van der Waals surface area contributed by atoms with E-state index in [4.69, 9.17) is 0 Å². The fourth-order valence-corrected chi connectivity index (χ4v) is 3.58. The average molecular weight is 346 g/mol. The van der Waals surface area contributed by atoms with Crippen molar-refractivity contribution < 1.29 is 5.11 Å². The van der Waals surface area contributed by atoms with Gasteiger partial charge in [-0.2, -0.15) is 0 Å². The van der Waals surface area contributed by atoms with Crippen LogP contribution in [-0.4, -0.2) is 14.8 Å². The first-order valence-electron chi connectivity index (χ1n) is 8.69. The van der Waals surface area contributed by atoms with Crippen LogP contribution in [0.15, 0.2) is 30.6 Å². The molecule has 0 amide bonds. The molecule has 0 spiro atoms. The summed E-state index contributed by atoms with van der Waals surface area (Å²) in [4.78, 5) is 0. The van der Waals surface area contributed by atoms with Gasteiger partial charge < -0.3 is 5.11 Å². The highest BCUT2D eigenvalue weighted by molar-refractivity contribution is 7.97. The lowest BCUT2D eigenvalue weighted by atomic mass is 9.78. The van der Waals surface area contributed by atoms with Gasteiger partial charge in [-0.15, -0.1) is 0 Å². The monoisotopic (exact) mass is 345 g/mol. The van der Waals surface area contributed by atoms with Gasteiger partial charge in [-0.1, -0.05) is 60.6 Å². The summed E-state index contributed by atoms with van der Waals surface area (Å²) in [5.41, 5.74) is 4.48. The molecule has 0 bridgehead atoms. The van der Waals surface area contributed by atoms with Crippen LogP contribution in [0, 0.1) is 0 Å². The Hall–Kier alpha value is -1.35. The molecule has 2 nitrogen and oxygen atoms in total. The van der Waals surface area contributed by atoms with Crippen molar-refractivity contribution in [3.05, 3.63) is 52.8 Å². The zero-order valence-electron chi connectivity index (χ0n) is 16.1. The molecule has 0 saturated heterocycles. The first-order chi connectivity index (χ1) is 11.0. The number of hydrogen-bond acceptors (Lipinski definition) is 2. The van der Waals surface area contributed by atoms with Crippen LogP contribution in [0.2, 0.25) is 0 Å². The summed E-state index contributed by atoms with van der Waals surface area (Å²) in [6.07, 6.45) is 5.22. The zero-order chi connectivity index (χ0) is 18.1. The number of rotatable bonds is 4. The number of nitrogens with zero attached hydrogens (tertiary/aromatic N) is 1. The van der Waals surface area contributed by atoms with Crippen molar-refractivity contribution in [2.24, 2.45) is 0 Å². The highest BCUT2D eigenvalue weighted by atomic mass is 32.2. The lowest BCUT2D eigenvalue weighted by molar-refractivity contribution is 0.423. The fraction of sp³-hybridized carbons (Fsp3) is 0.524. The van der Waals surface area contributed by atoms with Crippen LogP contribution in [-0.2, 0) is 17.3 Å². The van der Waals surface area contributed by atoms with E-state index in [0.717, 1.165) is 23.3 Å². The summed E-state index contributed by atoms with van der Waals surface area (Å²) in [5, 5.41) is 10.8. The molecule has 1 heterocycles. The van der Waals surface area contributed by atoms with Gasteiger partial charge >= 0.3 is 0 Å². The number of hydrogen-bond donors (Lipinski definition) is 1. The Bertz CT molecular complexity index is 666. The first kappa shape index (κ1) is 19.0. The molecule has 24 heavy (non-hydrogen) atoms. The standard InChI is InChI=1S/C21H31NOS/c1-8-24-22-10-9-15(14-22)11-16-12-17(20(2,3)4)19(23)18(13-16)21(5,6)7/h9-10,12-14,23H,8,11H2,1-7H3. The minimum absolute atomic E-state index is 0.0793. The summed E-state index contributed by atoms with van der Waals surface area (Å²) in [7, 11) is 0. The van der Waals surface area contributed by atoms with Gasteiger partial charge in [0.05, 0.1) is 0 Å². The topological polar surface area (TPSA) is 25.2 Å². The molecule has 0 aliphatic heterocycles. The Balaban J connectivity index is 2.45. The third-order valence-corrected chi connectivity index (χ3v) is 4.98. The van der Waals surface area contributed by atoms with E-state index in [2.05, 4.69) is 83.0 Å². The smallest absolute Gasteiger partial charge is 0.123 e. The van der Waals surface area contributed by atoms with Crippen molar-refractivity contribution in [3.63, 3.8) is 0 Å². The lowest BCUT2D eigenvalue weighted by Crippen LogP contribution is -2.18. The quantitative estimate of drug-likeness (QED) is 0.747. The maximum absolute atomic E-state index is 10.8. The molecule has 0 unspecified atom stereocenters. The van der Waals surface area contributed by atoms with Gasteiger partial charge in [0.15, 0.2) is 0 Å². The van der Waals surface area contributed by atoms with Gasteiger partial charge in [-0.25, -0.2) is 0 Å². The molecule has 0 fully saturated rings. The number of aromatic nitrogens is 1. The van der Waals surface area contributed by atoms with E-state index < -0.39 is 0 Å². The number of benzene rings is 1. The summed E-state index contributed by atoms with van der Waals surface area (Å²) in [5.74, 6) is 1.52. The predicted octanol–water partition coefficient (Wildman–Crippen LogP) is 5.90. The van der Waals surface area contributed by atoms with E-state index in [-0.39, 0.29) is 10.8 Å². The van der Waals surface area contributed by atoms with E-state index >= 15 is 0 Å². The van der Waals surface area contributed by atoms with Crippen molar-refractivity contribution >= 4 is 11.9 Å². The van der Waals surface area contributed by atoms with E-state index in [1.54, 1.807) is 11.9 Å². The van der Waals surface area contributed by atoms with Crippen LogP contribution in [0.5, 0.6) is 5.75 Å². The summed E-state index contributed by atoms with van der Waals surface area (Å²) < 4.78 is 2.17. The van der Waals surface area contributed by atoms with Crippen molar-refractivity contribution in [1.29, 1.82) is 0 Å². The van der Waals surface area contributed by atoms with Gasteiger partial charge in [0.2, 0.25) is 0 Å². The maximum Gasteiger partial charge on any atom is 0.123 e.